The number of carbonyl (C=O) groups is 2. The first-order valence-electron chi connectivity index (χ1n) is 10.3. The Labute approximate surface area is 182 Å². The standard InChI is InChI=1S/C24H29NO6/c1-28-22(26)13-14-24(23(27)29-2)18-25(20-11-7-4-8-12-20)15-21(31-24)17-30-16-19-9-5-3-6-10-19/h3-12,21H,13-18H2,1-2H3. The first-order valence-corrected chi connectivity index (χ1v) is 10.3. The molecule has 0 aliphatic carbocycles. The molecule has 1 heterocycles. The molecule has 7 heteroatoms. The van der Waals surface area contributed by atoms with Crippen LogP contribution in [0, 0.1) is 0 Å². The van der Waals surface area contributed by atoms with Crippen LogP contribution in [0.15, 0.2) is 60.7 Å². The Kier molecular flexibility index (Phi) is 8.03. The summed E-state index contributed by atoms with van der Waals surface area (Å²) in [5, 5.41) is 0. The largest absolute Gasteiger partial charge is 0.469 e. The molecule has 2 aromatic rings. The van der Waals surface area contributed by atoms with E-state index in [1.165, 1.54) is 14.2 Å². The average molecular weight is 427 g/mol. The van der Waals surface area contributed by atoms with Crippen molar-refractivity contribution >= 4 is 17.6 Å². The van der Waals surface area contributed by atoms with Gasteiger partial charge in [-0.2, -0.15) is 0 Å². The molecule has 0 bridgehead atoms. The predicted molar refractivity (Wildman–Crippen MR) is 116 cm³/mol. The quantitative estimate of drug-likeness (QED) is 0.570. The fraction of sp³-hybridized carbons (Fsp3) is 0.417. The van der Waals surface area contributed by atoms with Crippen LogP contribution in [-0.2, 0) is 35.1 Å². The van der Waals surface area contributed by atoms with Crippen molar-refractivity contribution in [2.24, 2.45) is 0 Å². The van der Waals surface area contributed by atoms with E-state index in [0.717, 1.165) is 11.3 Å². The van der Waals surface area contributed by atoms with Crippen molar-refractivity contribution in [2.75, 3.05) is 38.8 Å². The van der Waals surface area contributed by atoms with Gasteiger partial charge in [0.05, 0.1) is 40.1 Å². The van der Waals surface area contributed by atoms with Gasteiger partial charge in [0.1, 0.15) is 0 Å². The predicted octanol–water partition coefficient (Wildman–Crippen LogP) is 2.97. The second-order valence-corrected chi connectivity index (χ2v) is 7.52. The fourth-order valence-corrected chi connectivity index (χ4v) is 3.76. The van der Waals surface area contributed by atoms with Gasteiger partial charge in [0, 0.05) is 18.7 Å². The first kappa shape index (κ1) is 22.8. The van der Waals surface area contributed by atoms with Crippen molar-refractivity contribution in [3.8, 4) is 0 Å². The van der Waals surface area contributed by atoms with Gasteiger partial charge >= 0.3 is 11.9 Å². The summed E-state index contributed by atoms with van der Waals surface area (Å²) in [6, 6.07) is 19.7. The van der Waals surface area contributed by atoms with E-state index in [1.807, 2.05) is 60.7 Å². The van der Waals surface area contributed by atoms with Crippen LogP contribution in [0.5, 0.6) is 0 Å². The van der Waals surface area contributed by atoms with Gasteiger partial charge in [-0.1, -0.05) is 48.5 Å². The third kappa shape index (κ3) is 6.06. The maximum Gasteiger partial charge on any atom is 0.340 e. The van der Waals surface area contributed by atoms with Crippen LogP contribution in [0.4, 0.5) is 5.69 Å². The Morgan fingerprint density at radius 2 is 1.71 bits per heavy atom. The maximum absolute atomic E-state index is 12.8. The fourth-order valence-electron chi connectivity index (χ4n) is 3.76. The summed E-state index contributed by atoms with van der Waals surface area (Å²) in [4.78, 5) is 26.7. The number of nitrogens with zero attached hydrogens (tertiary/aromatic N) is 1. The molecule has 7 nitrogen and oxygen atoms in total. The van der Waals surface area contributed by atoms with Gasteiger partial charge in [0.2, 0.25) is 0 Å². The number of ether oxygens (including phenoxy) is 4. The molecule has 2 atom stereocenters. The number of benzene rings is 2. The highest BCUT2D eigenvalue weighted by Crippen LogP contribution is 2.31. The lowest BCUT2D eigenvalue weighted by atomic mass is 9.93. The molecule has 1 fully saturated rings. The lowest BCUT2D eigenvalue weighted by Crippen LogP contribution is -2.61. The zero-order valence-corrected chi connectivity index (χ0v) is 18.0. The van der Waals surface area contributed by atoms with Crippen LogP contribution in [0.25, 0.3) is 0 Å². The van der Waals surface area contributed by atoms with Gasteiger partial charge < -0.3 is 23.8 Å². The molecule has 1 aliphatic heterocycles. The van der Waals surface area contributed by atoms with Crippen LogP contribution in [0.3, 0.4) is 0 Å². The van der Waals surface area contributed by atoms with E-state index < -0.39 is 17.5 Å². The molecule has 0 saturated carbocycles. The minimum atomic E-state index is -1.29. The zero-order valence-electron chi connectivity index (χ0n) is 18.0. The zero-order chi connectivity index (χ0) is 22.1. The number of esters is 2. The molecular weight excluding hydrogens is 398 g/mol. The number of rotatable bonds is 9. The third-order valence-electron chi connectivity index (χ3n) is 5.32. The van der Waals surface area contributed by atoms with E-state index >= 15 is 0 Å². The Morgan fingerprint density at radius 1 is 1.03 bits per heavy atom. The molecular formula is C24H29NO6. The highest BCUT2D eigenvalue weighted by atomic mass is 16.6. The Morgan fingerprint density at radius 3 is 2.35 bits per heavy atom. The summed E-state index contributed by atoms with van der Waals surface area (Å²) >= 11 is 0. The Balaban J connectivity index is 1.78. The van der Waals surface area contributed by atoms with E-state index in [-0.39, 0.29) is 25.5 Å². The first-order chi connectivity index (χ1) is 15.1. The minimum absolute atomic E-state index is 0.0474. The number of hydrogen-bond donors (Lipinski definition) is 0. The van der Waals surface area contributed by atoms with Crippen LogP contribution in [-0.4, -0.2) is 57.6 Å². The summed E-state index contributed by atoms with van der Waals surface area (Å²) in [6.07, 6.45) is -0.175. The molecule has 0 amide bonds. The summed E-state index contributed by atoms with van der Waals surface area (Å²) in [5.74, 6) is -0.911. The monoisotopic (exact) mass is 427 g/mol. The Bertz CT molecular complexity index is 844. The van der Waals surface area contributed by atoms with Gasteiger partial charge in [-0.15, -0.1) is 0 Å². The second-order valence-electron chi connectivity index (χ2n) is 7.52. The molecule has 1 saturated heterocycles. The van der Waals surface area contributed by atoms with Gasteiger partial charge in [-0.3, -0.25) is 4.79 Å². The van der Waals surface area contributed by atoms with E-state index in [4.69, 9.17) is 18.9 Å². The van der Waals surface area contributed by atoms with Gasteiger partial charge in [-0.25, -0.2) is 4.79 Å². The van der Waals surface area contributed by atoms with Crippen LogP contribution >= 0.6 is 0 Å². The van der Waals surface area contributed by atoms with Gasteiger partial charge in [0.25, 0.3) is 0 Å². The lowest BCUT2D eigenvalue weighted by Gasteiger charge is -2.45. The number of methoxy groups -OCH3 is 2. The molecule has 1 aliphatic rings. The van der Waals surface area contributed by atoms with E-state index in [9.17, 15) is 9.59 Å². The summed E-state index contributed by atoms with van der Waals surface area (Å²) in [5.41, 5.74) is 0.728. The minimum Gasteiger partial charge on any atom is -0.469 e. The van der Waals surface area contributed by atoms with Crippen molar-refractivity contribution in [3.05, 3.63) is 66.2 Å². The number of carbonyl (C=O) groups excluding carboxylic acids is 2. The SMILES string of the molecule is COC(=O)CCC1(C(=O)OC)CN(c2ccccc2)CC(COCc2ccccc2)O1. The second kappa shape index (κ2) is 10.9. The molecule has 0 aromatic heterocycles. The maximum atomic E-state index is 12.8. The highest BCUT2D eigenvalue weighted by Gasteiger charge is 2.48. The highest BCUT2D eigenvalue weighted by molar-refractivity contribution is 5.82. The van der Waals surface area contributed by atoms with E-state index in [2.05, 4.69) is 4.90 Å². The molecule has 0 N–H and O–H groups in total. The van der Waals surface area contributed by atoms with Crippen LogP contribution in [0.2, 0.25) is 0 Å². The molecule has 166 valence electrons. The summed E-state index contributed by atoms with van der Waals surface area (Å²) in [7, 11) is 2.65. The lowest BCUT2D eigenvalue weighted by molar-refractivity contribution is -0.188. The molecule has 3 rings (SSSR count). The molecule has 2 aromatic carbocycles. The van der Waals surface area contributed by atoms with Crippen molar-refractivity contribution in [2.45, 2.75) is 31.2 Å². The normalized spacial score (nSPS) is 20.8. The van der Waals surface area contributed by atoms with Gasteiger partial charge in [0.15, 0.2) is 5.60 Å². The summed E-state index contributed by atoms with van der Waals surface area (Å²) < 4.78 is 22.0. The Hall–Kier alpha value is -2.90. The van der Waals surface area contributed by atoms with Gasteiger partial charge in [-0.05, 0) is 24.1 Å². The molecule has 31 heavy (non-hydrogen) atoms. The number of morpholine rings is 1. The van der Waals surface area contributed by atoms with Crippen molar-refractivity contribution in [3.63, 3.8) is 0 Å². The van der Waals surface area contributed by atoms with E-state index in [1.54, 1.807) is 0 Å². The summed E-state index contributed by atoms with van der Waals surface area (Å²) in [6.45, 7) is 1.57. The van der Waals surface area contributed by atoms with Crippen LogP contribution in [0.1, 0.15) is 18.4 Å². The van der Waals surface area contributed by atoms with Crippen LogP contribution < -0.4 is 4.90 Å². The molecule has 0 radical (unpaired) electrons. The average Bonchev–Trinajstić information content (AvgIpc) is 2.83. The smallest absolute Gasteiger partial charge is 0.340 e. The number of hydrogen-bond acceptors (Lipinski definition) is 7. The topological polar surface area (TPSA) is 74.3 Å². The van der Waals surface area contributed by atoms with Crippen molar-refractivity contribution < 1.29 is 28.5 Å². The van der Waals surface area contributed by atoms with Crippen molar-refractivity contribution in [1.82, 2.24) is 0 Å². The van der Waals surface area contributed by atoms with E-state index in [0.29, 0.717) is 19.8 Å². The van der Waals surface area contributed by atoms with Crippen molar-refractivity contribution in [1.29, 1.82) is 0 Å². The number of anilines is 1. The molecule has 0 spiro atoms. The molecule has 2 unspecified atom stereocenters. The third-order valence-corrected chi connectivity index (χ3v) is 5.32. The number of para-hydroxylation sites is 1.